The Morgan fingerprint density at radius 3 is 2.31 bits per heavy atom. The van der Waals surface area contributed by atoms with Gasteiger partial charge in [0, 0.05) is 33.2 Å². The standard InChI is InChI=1S/C12H25N3O/c1-11(2)14(4)12(16)13(3)9-10-15-7-5-6-8-15/h11H,5-10H2,1-4H3. The van der Waals surface area contributed by atoms with Crippen molar-refractivity contribution in [3.8, 4) is 0 Å². The van der Waals surface area contributed by atoms with E-state index in [0.717, 1.165) is 13.1 Å². The van der Waals surface area contributed by atoms with Crippen LogP contribution in [0.4, 0.5) is 4.79 Å². The number of carbonyl (C=O) groups excluding carboxylic acids is 1. The Morgan fingerprint density at radius 2 is 1.81 bits per heavy atom. The Hall–Kier alpha value is -0.770. The molecule has 1 rings (SSSR count). The van der Waals surface area contributed by atoms with Crippen LogP contribution in [0.25, 0.3) is 0 Å². The molecule has 0 saturated carbocycles. The number of rotatable bonds is 4. The third-order valence-electron chi connectivity index (χ3n) is 3.35. The molecular weight excluding hydrogens is 202 g/mol. The van der Waals surface area contributed by atoms with Crippen molar-refractivity contribution < 1.29 is 4.79 Å². The zero-order chi connectivity index (χ0) is 12.1. The fourth-order valence-electron chi connectivity index (χ4n) is 1.88. The Kier molecular flexibility index (Phi) is 5.06. The molecule has 0 aromatic heterocycles. The van der Waals surface area contributed by atoms with Gasteiger partial charge >= 0.3 is 6.03 Å². The van der Waals surface area contributed by atoms with Gasteiger partial charge in [-0.1, -0.05) is 0 Å². The summed E-state index contributed by atoms with van der Waals surface area (Å²) in [6.45, 7) is 8.30. The monoisotopic (exact) mass is 227 g/mol. The van der Waals surface area contributed by atoms with Crippen LogP contribution in [-0.4, -0.2) is 67.0 Å². The van der Waals surface area contributed by atoms with Crippen LogP contribution in [0.1, 0.15) is 26.7 Å². The number of hydrogen-bond acceptors (Lipinski definition) is 2. The highest BCUT2D eigenvalue weighted by molar-refractivity contribution is 5.74. The molecule has 1 fully saturated rings. The number of hydrogen-bond donors (Lipinski definition) is 0. The third kappa shape index (κ3) is 3.67. The first-order valence-corrected chi connectivity index (χ1v) is 6.22. The minimum atomic E-state index is 0.120. The lowest BCUT2D eigenvalue weighted by molar-refractivity contribution is 0.157. The average molecular weight is 227 g/mol. The van der Waals surface area contributed by atoms with E-state index in [1.54, 1.807) is 4.90 Å². The van der Waals surface area contributed by atoms with E-state index in [1.165, 1.54) is 25.9 Å². The van der Waals surface area contributed by atoms with E-state index < -0.39 is 0 Å². The average Bonchev–Trinajstić information content (AvgIpc) is 2.76. The van der Waals surface area contributed by atoms with Crippen LogP contribution in [0, 0.1) is 0 Å². The van der Waals surface area contributed by atoms with E-state index in [2.05, 4.69) is 4.90 Å². The van der Waals surface area contributed by atoms with E-state index in [9.17, 15) is 4.79 Å². The highest BCUT2D eigenvalue weighted by Crippen LogP contribution is 2.07. The molecule has 0 aliphatic carbocycles. The van der Waals surface area contributed by atoms with Crippen LogP contribution >= 0.6 is 0 Å². The lowest BCUT2D eigenvalue weighted by Crippen LogP contribution is -2.44. The van der Waals surface area contributed by atoms with Gasteiger partial charge in [0.2, 0.25) is 0 Å². The largest absolute Gasteiger partial charge is 0.326 e. The maximum Gasteiger partial charge on any atom is 0.319 e. The molecule has 4 nitrogen and oxygen atoms in total. The molecule has 1 aliphatic rings. The van der Waals surface area contributed by atoms with Gasteiger partial charge in [-0.15, -0.1) is 0 Å². The number of likely N-dealkylation sites (N-methyl/N-ethyl adjacent to an activating group) is 1. The molecule has 0 atom stereocenters. The van der Waals surface area contributed by atoms with Crippen molar-refractivity contribution in [2.24, 2.45) is 0 Å². The van der Waals surface area contributed by atoms with Crippen molar-refractivity contribution in [2.75, 3.05) is 40.3 Å². The van der Waals surface area contributed by atoms with Crippen molar-refractivity contribution in [1.82, 2.24) is 14.7 Å². The smallest absolute Gasteiger partial charge is 0.319 e. The molecule has 94 valence electrons. The Balaban J connectivity index is 2.27. The summed E-state index contributed by atoms with van der Waals surface area (Å²) in [7, 11) is 3.75. The molecule has 0 aromatic rings. The number of carbonyl (C=O) groups is 1. The zero-order valence-electron chi connectivity index (χ0n) is 11.1. The number of amides is 2. The maximum absolute atomic E-state index is 11.9. The molecule has 4 heteroatoms. The second kappa shape index (κ2) is 6.09. The van der Waals surface area contributed by atoms with Gasteiger partial charge in [-0.25, -0.2) is 4.79 Å². The second-order valence-electron chi connectivity index (χ2n) is 4.96. The lowest BCUT2D eigenvalue weighted by Gasteiger charge is -2.29. The summed E-state index contributed by atoms with van der Waals surface area (Å²) in [5.74, 6) is 0. The van der Waals surface area contributed by atoms with Gasteiger partial charge in [0.05, 0.1) is 0 Å². The van der Waals surface area contributed by atoms with Crippen molar-refractivity contribution in [2.45, 2.75) is 32.7 Å². The summed E-state index contributed by atoms with van der Waals surface area (Å²) in [4.78, 5) is 18.0. The van der Waals surface area contributed by atoms with Gasteiger partial charge in [0.15, 0.2) is 0 Å². The molecule has 0 bridgehead atoms. The highest BCUT2D eigenvalue weighted by atomic mass is 16.2. The maximum atomic E-state index is 11.9. The summed E-state index contributed by atoms with van der Waals surface area (Å²) < 4.78 is 0. The quantitative estimate of drug-likeness (QED) is 0.727. The summed E-state index contributed by atoms with van der Waals surface area (Å²) in [6, 6.07) is 0.385. The SMILES string of the molecule is CC(C)N(C)C(=O)N(C)CCN1CCCC1. The molecule has 0 aromatic carbocycles. The normalized spacial score (nSPS) is 16.8. The molecule has 0 unspecified atom stereocenters. The predicted molar refractivity (Wildman–Crippen MR) is 66.6 cm³/mol. The Morgan fingerprint density at radius 1 is 1.25 bits per heavy atom. The lowest BCUT2D eigenvalue weighted by atomic mass is 10.3. The van der Waals surface area contributed by atoms with Crippen molar-refractivity contribution >= 4 is 6.03 Å². The van der Waals surface area contributed by atoms with Crippen LogP contribution in [0.15, 0.2) is 0 Å². The molecule has 1 heterocycles. The van der Waals surface area contributed by atoms with Gasteiger partial charge in [0.25, 0.3) is 0 Å². The topological polar surface area (TPSA) is 26.8 Å². The van der Waals surface area contributed by atoms with Gasteiger partial charge in [-0.2, -0.15) is 0 Å². The fourth-order valence-corrected chi connectivity index (χ4v) is 1.88. The summed E-state index contributed by atoms with van der Waals surface area (Å²) in [5, 5.41) is 0. The van der Waals surface area contributed by atoms with Crippen molar-refractivity contribution in [1.29, 1.82) is 0 Å². The number of nitrogens with zero attached hydrogens (tertiary/aromatic N) is 3. The van der Waals surface area contributed by atoms with Gasteiger partial charge < -0.3 is 14.7 Å². The molecule has 16 heavy (non-hydrogen) atoms. The van der Waals surface area contributed by atoms with E-state index >= 15 is 0 Å². The molecule has 0 radical (unpaired) electrons. The predicted octanol–water partition coefficient (Wildman–Crippen LogP) is 1.47. The molecule has 1 aliphatic heterocycles. The third-order valence-corrected chi connectivity index (χ3v) is 3.35. The Labute approximate surface area is 99.2 Å². The highest BCUT2D eigenvalue weighted by Gasteiger charge is 2.18. The molecule has 1 saturated heterocycles. The van der Waals surface area contributed by atoms with Crippen LogP contribution in [0.2, 0.25) is 0 Å². The summed E-state index contributed by atoms with van der Waals surface area (Å²) in [6.07, 6.45) is 2.62. The van der Waals surface area contributed by atoms with Crippen LogP contribution < -0.4 is 0 Å². The first kappa shape index (κ1) is 13.3. The molecular formula is C12H25N3O. The van der Waals surface area contributed by atoms with Gasteiger partial charge in [-0.3, -0.25) is 0 Å². The first-order valence-electron chi connectivity index (χ1n) is 6.22. The van der Waals surface area contributed by atoms with Crippen LogP contribution in [0.3, 0.4) is 0 Å². The number of likely N-dealkylation sites (tertiary alicyclic amines) is 1. The van der Waals surface area contributed by atoms with E-state index in [0.29, 0.717) is 0 Å². The van der Waals surface area contributed by atoms with Crippen molar-refractivity contribution in [3.05, 3.63) is 0 Å². The van der Waals surface area contributed by atoms with E-state index in [1.807, 2.05) is 32.8 Å². The van der Waals surface area contributed by atoms with Crippen LogP contribution in [0.5, 0.6) is 0 Å². The first-order chi connectivity index (χ1) is 7.52. The summed E-state index contributed by atoms with van der Waals surface area (Å²) >= 11 is 0. The summed E-state index contributed by atoms with van der Waals surface area (Å²) in [5.41, 5.74) is 0. The van der Waals surface area contributed by atoms with E-state index in [4.69, 9.17) is 0 Å². The zero-order valence-corrected chi connectivity index (χ0v) is 11.1. The minimum Gasteiger partial charge on any atom is -0.326 e. The second-order valence-corrected chi connectivity index (χ2v) is 4.96. The van der Waals surface area contributed by atoms with Gasteiger partial charge in [-0.05, 0) is 39.8 Å². The Bertz CT molecular complexity index is 224. The van der Waals surface area contributed by atoms with Crippen molar-refractivity contribution in [3.63, 3.8) is 0 Å². The van der Waals surface area contributed by atoms with E-state index in [-0.39, 0.29) is 12.1 Å². The van der Waals surface area contributed by atoms with Gasteiger partial charge in [0.1, 0.15) is 0 Å². The molecule has 2 amide bonds. The van der Waals surface area contributed by atoms with Crippen LogP contribution in [-0.2, 0) is 0 Å². The molecule has 0 spiro atoms. The number of urea groups is 1. The molecule has 0 N–H and O–H groups in total. The minimum absolute atomic E-state index is 0.120. The fraction of sp³-hybridized carbons (Fsp3) is 0.917.